The van der Waals surface area contributed by atoms with Crippen molar-refractivity contribution in [1.29, 1.82) is 0 Å². The maximum Gasteiger partial charge on any atom is 0.271 e. The zero-order chi connectivity index (χ0) is 16.1. The van der Waals surface area contributed by atoms with E-state index in [1.54, 1.807) is 12.1 Å². The summed E-state index contributed by atoms with van der Waals surface area (Å²) in [7, 11) is 0. The van der Waals surface area contributed by atoms with Crippen molar-refractivity contribution < 1.29 is 9.18 Å². The van der Waals surface area contributed by atoms with E-state index in [0.717, 1.165) is 11.1 Å². The first kappa shape index (κ1) is 15.9. The molecular formula is C16H18FN3O2. The average molecular weight is 303 g/mol. The molecule has 22 heavy (non-hydrogen) atoms. The number of carbonyl (C=O) groups is 1. The fraction of sp³-hybridized carbons (Fsp3) is 0.312. The van der Waals surface area contributed by atoms with Crippen LogP contribution in [0.5, 0.6) is 0 Å². The summed E-state index contributed by atoms with van der Waals surface area (Å²) < 4.78 is 14.3. The van der Waals surface area contributed by atoms with Crippen molar-refractivity contribution in [3.05, 3.63) is 63.8 Å². The van der Waals surface area contributed by atoms with E-state index in [9.17, 15) is 14.0 Å². The maximum atomic E-state index is 13.2. The second-order valence-corrected chi connectivity index (χ2v) is 5.13. The predicted octanol–water partition coefficient (Wildman–Crippen LogP) is 1.96. The summed E-state index contributed by atoms with van der Waals surface area (Å²) in [4.78, 5) is 23.9. The molecule has 0 bridgehead atoms. The first-order valence-corrected chi connectivity index (χ1v) is 7.13. The minimum Gasteiger partial charge on any atom is -0.348 e. The molecule has 0 aliphatic rings. The number of rotatable bonds is 5. The Morgan fingerprint density at radius 3 is 2.82 bits per heavy atom. The lowest BCUT2D eigenvalue weighted by molar-refractivity contribution is 0.0931. The summed E-state index contributed by atoms with van der Waals surface area (Å²) in [6.45, 7) is 3.96. The highest BCUT2D eigenvalue weighted by Gasteiger charge is 2.12. The monoisotopic (exact) mass is 303 g/mol. The zero-order valence-corrected chi connectivity index (χ0v) is 12.5. The van der Waals surface area contributed by atoms with E-state index >= 15 is 0 Å². The van der Waals surface area contributed by atoms with Crippen LogP contribution in [0, 0.1) is 5.82 Å². The van der Waals surface area contributed by atoms with Crippen molar-refractivity contribution in [2.24, 2.45) is 0 Å². The number of halogens is 1. The SMILES string of the molecule is CCC(C)NC(=O)c1ccc(=O)n(Cc2cccc(F)c2)n1. The van der Waals surface area contributed by atoms with Crippen LogP contribution in [-0.2, 0) is 6.54 Å². The minimum atomic E-state index is -0.379. The Morgan fingerprint density at radius 1 is 1.36 bits per heavy atom. The van der Waals surface area contributed by atoms with E-state index in [0.29, 0.717) is 5.56 Å². The van der Waals surface area contributed by atoms with Crippen molar-refractivity contribution in [2.45, 2.75) is 32.9 Å². The van der Waals surface area contributed by atoms with Crippen molar-refractivity contribution in [1.82, 2.24) is 15.1 Å². The molecule has 6 heteroatoms. The minimum absolute atomic E-state index is 0.0258. The number of amides is 1. The van der Waals surface area contributed by atoms with E-state index in [4.69, 9.17) is 0 Å². The van der Waals surface area contributed by atoms with Gasteiger partial charge in [0.15, 0.2) is 0 Å². The molecule has 0 aliphatic carbocycles. The van der Waals surface area contributed by atoms with E-state index in [-0.39, 0.29) is 35.6 Å². The lowest BCUT2D eigenvalue weighted by atomic mass is 10.2. The van der Waals surface area contributed by atoms with Gasteiger partial charge in [0.05, 0.1) is 6.54 Å². The van der Waals surface area contributed by atoms with Crippen LogP contribution in [-0.4, -0.2) is 21.7 Å². The predicted molar refractivity (Wildman–Crippen MR) is 81.2 cm³/mol. The molecule has 0 saturated carbocycles. The fourth-order valence-electron chi connectivity index (χ4n) is 1.89. The molecule has 1 atom stereocenters. The lowest BCUT2D eigenvalue weighted by Gasteiger charge is -2.12. The van der Waals surface area contributed by atoms with Crippen LogP contribution in [0.2, 0.25) is 0 Å². The molecule has 0 spiro atoms. The van der Waals surface area contributed by atoms with E-state index in [1.165, 1.54) is 24.3 Å². The number of aromatic nitrogens is 2. The molecule has 0 aliphatic heterocycles. The van der Waals surface area contributed by atoms with Crippen molar-refractivity contribution >= 4 is 5.91 Å². The van der Waals surface area contributed by atoms with Crippen LogP contribution in [0.1, 0.15) is 36.3 Å². The highest BCUT2D eigenvalue weighted by atomic mass is 19.1. The van der Waals surface area contributed by atoms with Crippen molar-refractivity contribution in [3.8, 4) is 0 Å². The van der Waals surface area contributed by atoms with Crippen LogP contribution < -0.4 is 10.9 Å². The van der Waals surface area contributed by atoms with Crippen LogP contribution in [0.25, 0.3) is 0 Å². The molecule has 2 aromatic rings. The molecule has 1 unspecified atom stereocenters. The van der Waals surface area contributed by atoms with Crippen LogP contribution in [0.3, 0.4) is 0 Å². The Balaban J connectivity index is 2.23. The number of nitrogens with zero attached hydrogens (tertiary/aromatic N) is 2. The molecular weight excluding hydrogens is 285 g/mol. The van der Waals surface area contributed by atoms with Gasteiger partial charge in [0.1, 0.15) is 11.5 Å². The number of nitrogens with one attached hydrogen (secondary N) is 1. The van der Waals surface area contributed by atoms with Gasteiger partial charge in [-0.1, -0.05) is 19.1 Å². The number of hydrogen-bond acceptors (Lipinski definition) is 3. The standard InChI is InChI=1S/C16H18FN3O2/c1-3-11(2)18-16(22)14-7-8-15(21)20(19-14)10-12-5-4-6-13(17)9-12/h4-9,11H,3,10H2,1-2H3,(H,18,22). The molecule has 1 N–H and O–H groups in total. The van der Waals surface area contributed by atoms with Gasteiger partial charge in [-0.25, -0.2) is 9.07 Å². The van der Waals surface area contributed by atoms with Crippen molar-refractivity contribution in [3.63, 3.8) is 0 Å². The molecule has 1 amide bonds. The van der Waals surface area contributed by atoms with Crippen LogP contribution in [0.15, 0.2) is 41.2 Å². The van der Waals surface area contributed by atoms with E-state index < -0.39 is 0 Å². The van der Waals surface area contributed by atoms with Gasteiger partial charge in [0, 0.05) is 12.1 Å². The first-order valence-electron chi connectivity index (χ1n) is 7.13. The summed E-state index contributed by atoms with van der Waals surface area (Å²) in [6, 6.07) is 8.63. The van der Waals surface area contributed by atoms with Gasteiger partial charge in [-0.3, -0.25) is 9.59 Å². The summed E-state index contributed by atoms with van der Waals surface area (Å²) in [6.07, 6.45) is 0.800. The Hall–Kier alpha value is -2.50. The van der Waals surface area contributed by atoms with Crippen molar-refractivity contribution in [2.75, 3.05) is 0 Å². The summed E-state index contributed by atoms with van der Waals surface area (Å²) in [5, 5.41) is 6.84. The third-order valence-electron chi connectivity index (χ3n) is 3.31. The third kappa shape index (κ3) is 4.00. The number of hydrogen-bond donors (Lipinski definition) is 1. The van der Waals surface area contributed by atoms with Gasteiger partial charge in [0.2, 0.25) is 0 Å². The molecule has 1 aromatic carbocycles. The molecule has 1 aromatic heterocycles. The quantitative estimate of drug-likeness (QED) is 0.918. The fourth-order valence-corrected chi connectivity index (χ4v) is 1.89. The van der Waals surface area contributed by atoms with Gasteiger partial charge < -0.3 is 5.32 Å². The average Bonchev–Trinajstić information content (AvgIpc) is 2.49. The lowest BCUT2D eigenvalue weighted by Crippen LogP contribution is -2.34. The molecule has 5 nitrogen and oxygen atoms in total. The second kappa shape index (κ2) is 6.98. The maximum absolute atomic E-state index is 13.2. The van der Waals surface area contributed by atoms with Gasteiger partial charge in [-0.2, -0.15) is 5.10 Å². The second-order valence-electron chi connectivity index (χ2n) is 5.13. The van der Waals surface area contributed by atoms with Gasteiger partial charge in [0.25, 0.3) is 11.5 Å². The molecule has 2 rings (SSSR count). The van der Waals surface area contributed by atoms with E-state index in [2.05, 4.69) is 10.4 Å². The first-order chi connectivity index (χ1) is 10.5. The van der Waals surface area contributed by atoms with Gasteiger partial charge in [-0.05, 0) is 37.1 Å². The Labute approximate surface area is 127 Å². The molecule has 0 radical (unpaired) electrons. The summed E-state index contributed by atoms with van der Waals surface area (Å²) in [5.41, 5.74) is 0.426. The third-order valence-corrected chi connectivity index (χ3v) is 3.31. The number of benzene rings is 1. The number of carbonyl (C=O) groups excluding carboxylic acids is 1. The van der Waals surface area contributed by atoms with Gasteiger partial charge in [-0.15, -0.1) is 0 Å². The molecule has 0 fully saturated rings. The van der Waals surface area contributed by atoms with Crippen LogP contribution >= 0.6 is 0 Å². The van der Waals surface area contributed by atoms with Gasteiger partial charge >= 0.3 is 0 Å². The normalized spacial score (nSPS) is 12.0. The Bertz CT molecular complexity index is 727. The topological polar surface area (TPSA) is 64.0 Å². The summed E-state index contributed by atoms with van der Waals surface area (Å²) >= 11 is 0. The van der Waals surface area contributed by atoms with Crippen LogP contribution in [0.4, 0.5) is 4.39 Å². The summed E-state index contributed by atoms with van der Waals surface area (Å²) in [5.74, 6) is -0.710. The Morgan fingerprint density at radius 2 is 2.14 bits per heavy atom. The highest BCUT2D eigenvalue weighted by Crippen LogP contribution is 2.04. The zero-order valence-electron chi connectivity index (χ0n) is 12.5. The van der Waals surface area contributed by atoms with E-state index in [1.807, 2.05) is 13.8 Å². The molecule has 0 saturated heterocycles. The Kier molecular flexibility index (Phi) is 5.04. The molecule has 1 heterocycles. The smallest absolute Gasteiger partial charge is 0.271 e. The highest BCUT2D eigenvalue weighted by molar-refractivity contribution is 5.92. The molecule has 116 valence electrons. The largest absolute Gasteiger partial charge is 0.348 e.